The molecule has 1 atom stereocenters. The van der Waals surface area contributed by atoms with E-state index in [9.17, 15) is 9.59 Å². The standard InChI is InChI=1S/C14H17NO5/c1-8(13(16)15-10-4-5-10)20-11-6-3-9(14(17)18)7-12(11)19-2/h3,6-8,10H,4-5H2,1-2H3,(H,15,16)(H,17,18). The first-order valence-electron chi connectivity index (χ1n) is 6.39. The van der Waals surface area contributed by atoms with Gasteiger partial charge in [-0.25, -0.2) is 4.79 Å². The van der Waals surface area contributed by atoms with E-state index in [1.807, 2.05) is 0 Å². The second-order valence-electron chi connectivity index (χ2n) is 4.71. The zero-order valence-electron chi connectivity index (χ0n) is 11.4. The zero-order chi connectivity index (χ0) is 14.7. The molecule has 2 rings (SSSR count). The van der Waals surface area contributed by atoms with Gasteiger partial charge in [-0.15, -0.1) is 0 Å². The number of benzene rings is 1. The van der Waals surface area contributed by atoms with Gasteiger partial charge in [-0.3, -0.25) is 4.79 Å². The van der Waals surface area contributed by atoms with Gasteiger partial charge in [-0.1, -0.05) is 0 Å². The molecule has 0 saturated heterocycles. The Kier molecular flexibility index (Phi) is 4.12. The summed E-state index contributed by atoms with van der Waals surface area (Å²) in [4.78, 5) is 22.7. The van der Waals surface area contributed by atoms with Gasteiger partial charge >= 0.3 is 5.97 Å². The number of hydrogen-bond acceptors (Lipinski definition) is 4. The van der Waals surface area contributed by atoms with E-state index in [1.165, 1.54) is 25.3 Å². The molecular weight excluding hydrogens is 262 g/mol. The lowest BCUT2D eigenvalue weighted by Crippen LogP contribution is -2.37. The lowest BCUT2D eigenvalue weighted by molar-refractivity contribution is -0.127. The van der Waals surface area contributed by atoms with Gasteiger partial charge in [0, 0.05) is 6.04 Å². The van der Waals surface area contributed by atoms with Gasteiger partial charge in [0.05, 0.1) is 12.7 Å². The fourth-order valence-electron chi connectivity index (χ4n) is 1.69. The highest BCUT2D eigenvalue weighted by molar-refractivity contribution is 5.88. The van der Waals surface area contributed by atoms with Crippen LogP contribution < -0.4 is 14.8 Å². The number of carboxylic acid groups (broad SMARTS) is 1. The first-order chi connectivity index (χ1) is 9.51. The summed E-state index contributed by atoms with van der Waals surface area (Å²) in [5, 5.41) is 11.8. The van der Waals surface area contributed by atoms with Crippen LogP contribution in [0.3, 0.4) is 0 Å². The molecule has 6 heteroatoms. The number of hydrogen-bond donors (Lipinski definition) is 2. The maximum Gasteiger partial charge on any atom is 0.335 e. The Morgan fingerprint density at radius 2 is 2.05 bits per heavy atom. The molecule has 0 bridgehead atoms. The fourth-order valence-corrected chi connectivity index (χ4v) is 1.69. The first-order valence-corrected chi connectivity index (χ1v) is 6.39. The molecule has 0 aliphatic heterocycles. The summed E-state index contributed by atoms with van der Waals surface area (Å²) in [6, 6.07) is 4.53. The predicted octanol–water partition coefficient (Wildman–Crippen LogP) is 1.44. The van der Waals surface area contributed by atoms with E-state index in [1.54, 1.807) is 6.92 Å². The average Bonchev–Trinajstić information content (AvgIpc) is 3.22. The van der Waals surface area contributed by atoms with Crippen LogP contribution in [0.2, 0.25) is 0 Å². The zero-order valence-corrected chi connectivity index (χ0v) is 11.4. The summed E-state index contributed by atoms with van der Waals surface area (Å²) in [6.07, 6.45) is 1.35. The third-order valence-electron chi connectivity index (χ3n) is 3.01. The summed E-state index contributed by atoms with van der Waals surface area (Å²) >= 11 is 0. The van der Waals surface area contributed by atoms with Crippen molar-refractivity contribution in [2.24, 2.45) is 0 Å². The molecule has 0 spiro atoms. The van der Waals surface area contributed by atoms with Crippen molar-refractivity contribution in [1.82, 2.24) is 5.32 Å². The number of carbonyl (C=O) groups is 2. The summed E-state index contributed by atoms with van der Waals surface area (Å²) in [6.45, 7) is 1.64. The van der Waals surface area contributed by atoms with Crippen LogP contribution in [0.15, 0.2) is 18.2 Å². The normalized spacial score (nSPS) is 15.3. The van der Waals surface area contributed by atoms with Crippen LogP contribution in [0.1, 0.15) is 30.1 Å². The molecule has 1 saturated carbocycles. The molecule has 0 aromatic heterocycles. The molecule has 108 valence electrons. The van der Waals surface area contributed by atoms with Gasteiger partial charge in [-0.2, -0.15) is 0 Å². The maximum atomic E-state index is 11.8. The van der Waals surface area contributed by atoms with Gasteiger partial charge < -0.3 is 19.9 Å². The van der Waals surface area contributed by atoms with Crippen molar-refractivity contribution in [3.63, 3.8) is 0 Å². The topological polar surface area (TPSA) is 84.9 Å². The number of carboxylic acids is 1. The van der Waals surface area contributed by atoms with Gasteiger partial charge in [0.15, 0.2) is 17.6 Å². The second kappa shape index (κ2) is 5.81. The molecule has 1 unspecified atom stereocenters. The highest BCUT2D eigenvalue weighted by atomic mass is 16.5. The van der Waals surface area contributed by atoms with E-state index in [2.05, 4.69) is 5.32 Å². The summed E-state index contributed by atoms with van der Waals surface area (Å²) in [7, 11) is 1.42. The molecule has 0 heterocycles. The van der Waals surface area contributed by atoms with E-state index in [0.29, 0.717) is 5.75 Å². The van der Waals surface area contributed by atoms with Crippen molar-refractivity contribution < 1.29 is 24.2 Å². The minimum Gasteiger partial charge on any atom is -0.493 e. The van der Waals surface area contributed by atoms with Crippen molar-refractivity contribution in [2.45, 2.75) is 31.9 Å². The molecule has 6 nitrogen and oxygen atoms in total. The Labute approximate surface area is 116 Å². The third kappa shape index (κ3) is 3.40. The van der Waals surface area contributed by atoms with Gasteiger partial charge in [0.1, 0.15) is 0 Å². The van der Waals surface area contributed by atoms with Crippen LogP contribution in [0.5, 0.6) is 11.5 Å². The van der Waals surface area contributed by atoms with Gasteiger partial charge in [0.25, 0.3) is 5.91 Å². The molecule has 1 fully saturated rings. The van der Waals surface area contributed by atoms with E-state index in [-0.39, 0.29) is 23.3 Å². The van der Waals surface area contributed by atoms with Crippen molar-refractivity contribution in [3.05, 3.63) is 23.8 Å². The maximum absolute atomic E-state index is 11.8. The number of carbonyl (C=O) groups excluding carboxylic acids is 1. The Hall–Kier alpha value is -2.24. The minimum atomic E-state index is -1.05. The summed E-state index contributed by atoms with van der Waals surface area (Å²) in [5.74, 6) is -0.599. The Bertz CT molecular complexity index is 524. The van der Waals surface area contributed by atoms with Crippen LogP contribution in [-0.4, -0.2) is 36.2 Å². The number of aromatic carboxylic acids is 1. The molecule has 1 amide bonds. The highest BCUT2D eigenvalue weighted by Gasteiger charge is 2.26. The molecule has 1 aromatic rings. The lowest BCUT2D eigenvalue weighted by Gasteiger charge is -2.16. The number of amides is 1. The first kappa shape index (κ1) is 14.2. The number of ether oxygens (including phenoxy) is 2. The Morgan fingerprint density at radius 1 is 1.35 bits per heavy atom. The fraction of sp³-hybridized carbons (Fsp3) is 0.429. The van der Waals surface area contributed by atoms with E-state index >= 15 is 0 Å². The summed E-state index contributed by atoms with van der Waals surface area (Å²) < 4.78 is 10.6. The molecule has 1 aromatic carbocycles. The summed E-state index contributed by atoms with van der Waals surface area (Å²) in [5.41, 5.74) is 0.101. The molecule has 1 aliphatic rings. The largest absolute Gasteiger partial charge is 0.493 e. The van der Waals surface area contributed by atoms with Crippen LogP contribution in [0.25, 0.3) is 0 Å². The number of rotatable bonds is 6. The lowest BCUT2D eigenvalue weighted by atomic mass is 10.2. The van der Waals surface area contributed by atoms with E-state index in [4.69, 9.17) is 14.6 Å². The van der Waals surface area contributed by atoms with Crippen molar-refractivity contribution >= 4 is 11.9 Å². The van der Waals surface area contributed by atoms with Crippen molar-refractivity contribution in [1.29, 1.82) is 0 Å². The number of nitrogens with one attached hydrogen (secondary N) is 1. The van der Waals surface area contributed by atoms with Crippen LogP contribution in [0.4, 0.5) is 0 Å². The van der Waals surface area contributed by atoms with Crippen molar-refractivity contribution in [3.8, 4) is 11.5 Å². The second-order valence-corrected chi connectivity index (χ2v) is 4.71. The van der Waals surface area contributed by atoms with E-state index in [0.717, 1.165) is 12.8 Å². The molecular formula is C14H17NO5. The van der Waals surface area contributed by atoms with Gasteiger partial charge in [-0.05, 0) is 38.0 Å². The van der Waals surface area contributed by atoms with Gasteiger partial charge in [0.2, 0.25) is 0 Å². The average molecular weight is 279 g/mol. The Balaban J connectivity index is 2.07. The van der Waals surface area contributed by atoms with E-state index < -0.39 is 12.1 Å². The monoisotopic (exact) mass is 279 g/mol. The molecule has 20 heavy (non-hydrogen) atoms. The van der Waals surface area contributed by atoms with Crippen LogP contribution in [-0.2, 0) is 4.79 Å². The third-order valence-corrected chi connectivity index (χ3v) is 3.01. The van der Waals surface area contributed by atoms with Crippen LogP contribution in [0, 0.1) is 0 Å². The molecule has 0 radical (unpaired) electrons. The Morgan fingerprint density at radius 3 is 2.60 bits per heavy atom. The minimum absolute atomic E-state index is 0.101. The SMILES string of the molecule is COc1cc(C(=O)O)ccc1OC(C)C(=O)NC1CC1. The molecule has 2 N–H and O–H groups in total. The molecule has 1 aliphatic carbocycles. The number of methoxy groups -OCH3 is 1. The van der Waals surface area contributed by atoms with Crippen molar-refractivity contribution in [2.75, 3.05) is 7.11 Å². The smallest absolute Gasteiger partial charge is 0.335 e. The quantitative estimate of drug-likeness (QED) is 0.823. The van der Waals surface area contributed by atoms with Crippen LogP contribution >= 0.6 is 0 Å². The highest BCUT2D eigenvalue weighted by Crippen LogP contribution is 2.29. The predicted molar refractivity (Wildman–Crippen MR) is 71.2 cm³/mol.